The number of hydrazine groups is 1. The van der Waals surface area contributed by atoms with Crippen molar-refractivity contribution in [2.24, 2.45) is 11.8 Å². The molecule has 2 saturated carbocycles. The van der Waals surface area contributed by atoms with Gasteiger partial charge in [-0.3, -0.25) is 10.2 Å². The first-order valence-electron chi connectivity index (χ1n) is 10.8. The molecule has 1 aromatic rings. The molecular formula is C22H32FN3O. The molecule has 1 heterocycles. The maximum atomic E-state index is 14.3. The number of carbonyl (C=O) groups is 1. The summed E-state index contributed by atoms with van der Waals surface area (Å²) in [5.74, 6) is 0.550. The Kier molecular flexibility index (Phi) is 6.08. The number of benzene rings is 1. The first-order valence-corrected chi connectivity index (χ1v) is 10.8. The molecule has 1 aromatic carbocycles. The Morgan fingerprint density at radius 1 is 1.04 bits per heavy atom. The molecule has 4 rings (SSSR count). The van der Waals surface area contributed by atoms with Gasteiger partial charge in [-0.15, -0.1) is 0 Å². The molecule has 0 spiro atoms. The fourth-order valence-corrected chi connectivity index (χ4v) is 5.24. The summed E-state index contributed by atoms with van der Waals surface area (Å²) in [7, 11) is 0. The fraction of sp³-hybridized carbons (Fsp3) is 0.682. The lowest BCUT2D eigenvalue weighted by molar-refractivity contribution is -0.133. The Bertz CT molecular complexity index is 659. The van der Waals surface area contributed by atoms with Gasteiger partial charge in [0.15, 0.2) is 0 Å². The van der Waals surface area contributed by atoms with E-state index in [4.69, 9.17) is 0 Å². The van der Waals surface area contributed by atoms with E-state index in [0.29, 0.717) is 18.5 Å². The van der Waals surface area contributed by atoms with Crippen molar-refractivity contribution >= 4 is 5.91 Å². The number of amides is 1. The molecule has 3 aliphatic rings. The van der Waals surface area contributed by atoms with Crippen molar-refractivity contribution in [2.75, 3.05) is 0 Å². The van der Waals surface area contributed by atoms with E-state index < -0.39 is 0 Å². The Labute approximate surface area is 161 Å². The van der Waals surface area contributed by atoms with Crippen LogP contribution >= 0.6 is 0 Å². The van der Waals surface area contributed by atoms with Gasteiger partial charge in [-0.05, 0) is 49.7 Å². The Hall–Kier alpha value is -1.46. The van der Waals surface area contributed by atoms with Crippen LogP contribution in [0.2, 0.25) is 0 Å². The zero-order chi connectivity index (χ0) is 18.6. The van der Waals surface area contributed by atoms with Crippen molar-refractivity contribution in [3.63, 3.8) is 0 Å². The lowest BCUT2D eigenvalue weighted by Crippen LogP contribution is -2.60. The van der Waals surface area contributed by atoms with Crippen LogP contribution < -0.4 is 16.2 Å². The maximum absolute atomic E-state index is 14.3. The van der Waals surface area contributed by atoms with E-state index in [9.17, 15) is 9.18 Å². The van der Waals surface area contributed by atoms with Gasteiger partial charge in [0.1, 0.15) is 5.82 Å². The molecule has 0 radical (unpaired) electrons. The number of fused-ring (bicyclic) bond motifs is 1. The zero-order valence-corrected chi connectivity index (χ0v) is 16.1. The molecule has 0 bridgehead atoms. The van der Waals surface area contributed by atoms with Crippen LogP contribution in [-0.2, 0) is 17.8 Å². The smallest absolute Gasteiger partial charge is 0.237 e. The molecule has 0 aromatic heterocycles. The highest BCUT2D eigenvalue weighted by atomic mass is 19.1. The van der Waals surface area contributed by atoms with Crippen LogP contribution in [0.5, 0.6) is 0 Å². The van der Waals surface area contributed by atoms with Crippen LogP contribution in [0.3, 0.4) is 0 Å². The second-order valence-electron chi connectivity index (χ2n) is 8.64. The highest BCUT2D eigenvalue weighted by Crippen LogP contribution is 2.35. The minimum atomic E-state index is -0.123. The molecule has 1 saturated heterocycles. The number of carbonyl (C=O) groups excluding carboxylic acids is 1. The largest absolute Gasteiger partial charge is 0.310 e. The summed E-state index contributed by atoms with van der Waals surface area (Å²) >= 11 is 0. The average Bonchev–Trinajstić information content (AvgIpc) is 2.71. The summed E-state index contributed by atoms with van der Waals surface area (Å²) in [5, 5.41) is 3.55. The number of halogens is 1. The SMILES string of the molecule is O=C1NNC(Cc2ccc(F)c(CNC3CCCCC3)c2)C2CCCCC12. The molecule has 3 fully saturated rings. The summed E-state index contributed by atoms with van der Waals surface area (Å²) in [6.07, 6.45) is 11.6. The normalized spacial score (nSPS) is 29.2. The van der Waals surface area contributed by atoms with Gasteiger partial charge in [-0.25, -0.2) is 9.82 Å². The second-order valence-corrected chi connectivity index (χ2v) is 8.64. The number of nitrogens with one attached hydrogen (secondary N) is 3. The van der Waals surface area contributed by atoms with Crippen LogP contribution in [0.15, 0.2) is 18.2 Å². The summed E-state index contributed by atoms with van der Waals surface area (Å²) in [4.78, 5) is 12.1. The van der Waals surface area contributed by atoms with Crippen molar-refractivity contribution in [3.05, 3.63) is 35.1 Å². The van der Waals surface area contributed by atoms with E-state index in [1.165, 1.54) is 38.5 Å². The standard InChI is InChI=1S/C22H32FN3O/c23-20-11-10-15(12-16(20)14-24-17-6-2-1-3-7-17)13-21-18-8-4-5-9-19(18)22(27)26-25-21/h10-12,17-19,21,24-25H,1-9,13-14H2,(H,26,27). The highest BCUT2D eigenvalue weighted by Gasteiger charge is 2.39. The first kappa shape index (κ1) is 18.9. The summed E-state index contributed by atoms with van der Waals surface area (Å²) < 4.78 is 14.3. The number of hydrogen-bond acceptors (Lipinski definition) is 3. The van der Waals surface area contributed by atoms with E-state index >= 15 is 0 Å². The van der Waals surface area contributed by atoms with Crippen molar-refractivity contribution in [3.8, 4) is 0 Å². The molecule has 3 N–H and O–H groups in total. The van der Waals surface area contributed by atoms with E-state index in [-0.39, 0.29) is 23.7 Å². The van der Waals surface area contributed by atoms with Gasteiger partial charge >= 0.3 is 0 Å². The molecule has 148 valence electrons. The van der Waals surface area contributed by atoms with Crippen LogP contribution in [0.1, 0.15) is 68.9 Å². The third kappa shape index (κ3) is 4.52. The highest BCUT2D eigenvalue weighted by molar-refractivity contribution is 5.79. The Balaban J connectivity index is 1.40. The maximum Gasteiger partial charge on any atom is 0.237 e. The van der Waals surface area contributed by atoms with E-state index in [1.807, 2.05) is 12.1 Å². The molecule has 1 aliphatic heterocycles. The van der Waals surface area contributed by atoms with E-state index in [0.717, 1.165) is 36.8 Å². The lowest BCUT2D eigenvalue weighted by Gasteiger charge is -2.41. The third-order valence-corrected chi connectivity index (χ3v) is 6.81. The predicted molar refractivity (Wildman–Crippen MR) is 104 cm³/mol. The van der Waals surface area contributed by atoms with Crippen LogP contribution in [-0.4, -0.2) is 18.0 Å². The van der Waals surface area contributed by atoms with Gasteiger partial charge < -0.3 is 5.32 Å². The van der Waals surface area contributed by atoms with Crippen molar-refractivity contribution in [1.82, 2.24) is 16.2 Å². The molecule has 3 atom stereocenters. The monoisotopic (exact) mass is 373 g/mol. The van der Waals surface area contributed by atoms with Gasteiger partial charge in [0.05, 0.1) is 0 Å². The minimum absolute atomic E-state index is 0.123. The molecule has 3 unspecified atom stereocenters. The molecule has 4 nitrogen and oxygen atoms in total. The van der Waals surface area contributed by atoms with Crippen molar-refractivity contribution in [2.45, 2.75) is 82.8 Å². The van der Waals surface area contributed by atoms with Gasteiger partial charge in [0, 0.05) is 30.1 Å². The third-order valence-electron chi connectivity index (χ3n) is 6.81. The predicted octanol–water partition coefficient (Wildman–Crippen LogP) is 3.60. The van der Waals surface area contributed by atoms with Gasteiger partial charge in [-0.1, -0.05) is 44.2 Å². The fourth-order valence-electron chi connectivity index (χ4n) is 5.24. The molecular weight excluding hydrogens is 341 g/mol. The average molecular weight is 374 g/mol. The summed E-state index contributed by atoms with van der Waals surface area (Å²) in [6.45, 7) is 0.602. The number of hydrogen-bond donors (Lipinski definition) is 3. The van der Waals surface area contributed by atoms with Crippen LogP contribution in [0.25, 0.3) is 0 Å². The van der Waals surface area contributed by atoms with Gasteiger partial charge in [-0.2, -0.15) is 0 Å². The number of rotatable bonds is 5. The molecule has 5 heteroatoms. The minimum Gasteiger partial charge on any atom is -0.310 e. The van der Waals surface area contributed by atoms with Crippen LogP contribution in [0, 0.1) is 17.7 Å². The summed E-state index contributed by atoms with van der Waals surface area (Å²) in [5.41, 5.74) is 8.01. The molecule has 2 aliphatic carbocycles. The zero-order valence-electron chi connectivity index (χ0n) is 16.1. The molecule has 1 amide bonds. The topological polar surface area (TPSA) is 53.2 Å². The van der Waals surface area contributed by atoms with Gasteiger partial charge in [0.25, 0.3) is 0 Å². The second kappa shape index (κ2) is 8.70. The summed E-state index contributed by atoms with van der Waals surface area (Å²) in [6, 6.07) is 6.28. The van der Waals surface area contributed by atoms with E-state index in [1.54, 1.807) is 6.07 Å². The van der Waals surface area contributed by atoms with Crippen LogP contribution in [0.4, 0.5) is 4.39 Å². The molecule has 27 heavy (non-hydrogen) atoms. The quantitative estimate of drug-likeness (QED) is 0.739. The van der Waals surface area contributed by atoms with Crippen molar-refractivity contribution < 1.29 is 9.18 Å². The van der Waals surface area contributed by atoms with E-state index in [2.05, 4.69) is 16.2 Å². The van der Waals surface area contributed by atoms with Gasteiger partial charge in [0.2, 0.25) is 5.91 Å². The Morgan fingerprint density at radius 2 is 1.81 bits per heavy atom. The van der Waals surface area contributed by atoms with Crippen molar-refractivity contribution in [1.29, 1.82) is 0 Å². The Morgan fingerprint density at radius 3 is 2.67 bits per heavy atom. The lowest BCUT2D eigenvalue weighted by atomic mass is 9.72. The first-order chi connectivity index (χ1) is 13.2.